The van der Waals surface area contributed by atoms with Gasteiger partial charge in [0.2, 0.25) is 0 Å². The molecule has 1 aliphatic rings. The average molecular weight is 362 g/mol. The van der Waals surface area contributed by atoms with Crippen LogP contribution in [0.4, 0.5) is 0 Å². The smallest absolute Gasteiger partial charge is 0.267 e. The molecular formula is C21H22N4O2. The van der Waals surface area contributed by atoms with E-state index in [1.54, 1.807) is 11.6 Å². The second kappa shape index (κ2) is 7.73. The van der Waals surface area contributed by atoms with Gasteiger partial charge in [0.05, 0.1) is 11.7 Å². The summed E-state index contributed by atoms with van der Waals surface area (Å²) in [5, 5.41) is 13.0. The number of nitrogens with one attached hydrogen (secondary N) is 1. The van der Waals surface area contributed by atoms with Crippen LogP contribution in [0.25, 0.3) is 11.6 Å². The molecule has 138 valence electrons. The van der Waals surface area contributed by atoms with E-state index in [9.17, 15) is 4.79 Å². The molecule has 2 aromatic heterocycles. The Labute approximate surface area is 157 Å². The first kappa shape index (κ1) is 17.5. The number of rotatable bonds is 5. The number of hydrogen-bond acceptors (Lipinski definition) is 4. The number of amides is 1. The molecule has 4 rings (SSSR count). The van der Waals surface area contributed by atoms with Gasteiger partial charge < -0.3 is 0 Å². The van der Waals surface area contributed by atoms with E-state index >= 15 is 0 Å². The highest BCUT2D eigenvalue weighted by atomic mass is 16.5. The fourth-order valence-corrected chi connectivity index (χ4v) is 3.76. The molecule has 3 aromatic rings. The molecule has 1 saturated heterocycles. The van der Waals surface area contributed by atoms with Crippen LogP contribution in [0.3, 0.4) is 0 Å². The summed E-state index contributed by atoms with van der Waals surface area (Å²) >= 11 is 0. The van der Waals surface area contributed by atoms with Gasteiger partial charge >= 0.3 is 0 Å². The third kappa shape index (κ3) is 3.77. The highest BCUT2D eigenvalue weighted by molar-refractivity contribution is 5.90. The lowest BCUT2D eigenvalue weighted by Crippen LogP contribution is -2.22. The molecule has 1 aliphatic heterocycles. The highest BCUT2D eigenvalue weighted by Crippen LogP contribution is 2.33. The van der Waals surface area contributed by atoms with E-state index in [1.165, 1.54) is 23.6 Å². The van der Waals surface area contributed by atoms with Crippen LogP contribution >= 0.6 is 0 Å². The Morgan fingerprint density at radius 1 is 1.26 bits per heavy atom. The van der Waals surface area contributed by atoms with Crippen molar-refractivity contribution in [2.24, 2.45) is 0 Å². The largest absolute Gasteiger partial charge is 0.292 e. The summed E-state index contributed by atoms with van der Waals surface area (Å²) in [5.74, 6) is -0.533. The van der Waals surface area contributed by atoms with Crippen LogP contribution in [-0.4, -0.2) is 32.2 Å². The van der Waals surface area contributed by atoms with Crippen LogP contribution in [0, 0.1) is 0 Å². The monoisotopic (exact) mass is 362 g/mol. The van der Waals surface area contributed by atoms with Crippen molar-refractivity contribution in [2.45, 2.75) is 25.4 Å². The predicted molar refractivity (Wildman–Crippen MR) is 103 cm³/mol. The van der Waals surface area contributed by atoms with Gasteiger partial charge in [-0.2, -0.15) is 5.10 Å². The van der Waals surface area contributed by atoms with Gasteiger partial charge in [0.15, 0.2) is 0 Å². The molecule has 1 amide bonds. The van der Waals surface area contributed by atoms with Crippen molar-refractivity contribution in [1.29, 1.82) is 0 Å². The minimum atomic E-state index is -0.533. The average Bonchev–Trinajstić information content (AvgIpc) is 3.34. The predicted octanol–water partition coefficient (Wildman–Crippen LogP) is 3.19. The Morgan fingerprint density at radius 2 is 2.11 bits per heavy atom. The van der Waals surface area contributed by atoms with Crippen molar-refractivity contribution in [1.82, 2.24) is 20.0 Å². The Bertz CT molecular complexity index is 962. The second-order valence-corrected chi connectivity index (χ2v) is 6.80. The number of fused-ring (bicyclic) bond motifs is 1. The maximum absolute atomic E-state index is 11.1. The molecule has 1 atom stereocenters. The topological polar surface area (TPSA) is 69.9 Å². The third-order valence-corrected chi connectivity index (χ3v) is 5.10. The number of nitrogens with zero attached hydrogens (tertiary/aromatic N) is 3. The number of carbonyl (C=O) groups excluding carboxylic acids is 1. The second-order valence-electron chi connectivity index (χ2n) is 6.80. The first-order valence-electron chi connectivity index (χ1n) is 9.12. The van der Waals surface area contributed by atoms with Crippen LogP contribution < -0.4 is 5.48 Å². The summed E-state index contributed by atoms with van der Waals surface area (Å²) in [6, 6.07) is 14.8. The molecule has 1 aromatic carbocycles. The first-order valence-corrected chi connectivity index (χ1v) is 9.12. The van der Waals surface area contributed by atoms with Gasteiger partial charge in [-0.25, -0.2) is 10.00 Å². The molecule has 6 nitrogen and oxygen atoms in total. The van der Waals surface area contributed by atoms with Crippen molar-refractivity contribution in [3.8, 4) is 0 Å². The van der Waals surface area contributed by atoms with Gasteiger partial charge in [0.1, 0.15) is 0 Å². The molecule has 27 heavy (non-hydrogen) atoms. The molecule has 1 unspecified atom stereocenters. The van der Waals surface area contributed by atoms with Crippen LogP contribution in [-0.2, 0) is 11.3 Å². The summed E-state index contributed by atoms with van der Waals surface area (Å²) in [7, 11) is 0. The number of aromatic nitrogens is 2. The summed E-state index contributed by atoms with van der Waals surface area (Å²) in [4.78, 5) is 13.6. The van der Waals surface area contributed by atoms with E-state index in [0.29, 0.717) is 6.04 Å². The Morgan fingerprint density at radius 3 is 2.93 bits per heavy atom. The molecule has 0 aliphatic carbocycles. The van der Waals surface area contributed by atoms with Crippen LogP contribution in [0.15, 0.2) is 60.9 Å². The van der Waals surface area contributed by atoms with Gasteiger partial charge in [-0.3, -0.25) is 14.9 Å². The number of benzene rings is 1. The van der Waals surface area contributed by atoms with Gasteiger partial charge in [-0.15, -0.1) is 0 Å². The van der Waals surface area contributed by atoms with Gasteiger partial charge in [0.25, 0.3) is 5.91 Å². The summed E-state index contributed by atoms with van der Waals surface area (Å²) in [5.41, 5.74) is 6.21. The van der Waals surface area contributed by atoms with Crippen molar-refractivity contribution < 1.29 is 10.0 Å². The zero-order valence-electron chi connectivity index (χ0n) is 15.0. The number of hydrogen-bond donors (Lipinski definition) is 2. The molecule has 0 bridgehead atoms. The summed E-state index contributed by atoms with van der Waals surface area (Å²) < 4.78 is 1.92. The van der Waals surface area contributed by atoms with E-state index in [1.807, 2.05) is 41.2 Å². The SMILES string of the molecule is O=C(C=Cc1ccc(C2CCCN2Cc2cnn3ccccc23)cc1)NO. The van der Waals surface area contributed by atoms with Crippen LogP contribution in [0.5, 0.6) is 0 Å². The Hall–Kier alpha value is -2.96. The molecule has 1 fully saturated rings. The normalized spacial score (nSPS) is 17.7. The van der Waals surface area contributed by atoms with Crippen LogP contribution in [0.2, 0.25) is 0 Å². The van der Waals surface area contributed by atoms with Crippen molar-refractivity contribution in [3.63, 3.8) is 0 Å². The van der Waals surface area contributed by atoms with E-state index in [2.05, 4.69) is 28.2 Å². The zero-order valence-corrected chi connectivity index (χ0v) is 15.0. The van der Waals surface area contributed by atoms with E-state index < -0.39 is 5.91 Å². The molecule has 0 saturated carbocycles. The van der Waals surface area contributed by atoms with Crippen LogP contribution in [0.1, 0.15) is 35.6 Å². The zero-order chi connectivity index (χ0) is 18.6. The maximum atomic E-state index is 11.1. The quantitative estimate of drug-likeness (QED) is 0.415. The fourth-order valence-electron chi connectivity index (χ4n) is 3.76. The first-order chi connectivity index (χ1) is 13.2. The Balaban J connectivity index is 1.49. The minimum Gasteiger partial charge on any atom is -0.292 e. The molecule has 6 heteroatoms. The van der Waals surface area contributed by atoms with Gasteiger partial charge in [-0.1, -0.05) is 30.3 Å². The Kier molecular flexibility index (Phi) is 5.00. The lowest BCUT2D eigenvalue weighted by atomic mass is 10.0. The van der Waals surface area contributed by atoms with E-state index in [-0.39, 0.29) is 0 Å². The highest BCUT2D eigenvalue weighted by Gasteiger charge is 2.26. The van der Waals surface area contributed by atoms with E-state index in [0.717, 1.165) is 30.6 Å². The molecular weight excluding hydrogens is 340 g/mol. The molecule has 0 spiro atoms. The van der Waals surface area contributed by atoms with Gasteiger partial charge in [0, 0.05) is 30.4 Å². The number of hydroxylamine groups is 1. The lowest BCUT2D eigenvalue weighted by Gasteiger charge is -2.24. The maximum Gasteiger partial charge on any atom is 0.267 e. The summed E-state index contributed by atoms with van der Waals surface area (Å²) in [6.07, 6.45) is 9.25. The molecule has 3 heterocycles. The van der Waals surface area contributed by atoms with Crippen molar-refractivity contribution >= 4 is 17.5 Å². The third-order valence-electron chi connectivity index (χ3n) is 5.10. The van der Waals surface area contributed by atoms with Crippen molar-refractivity contribution in [2.75, 3.05) is 6.54 Å². The standard InChI is InChI=1S/C21H22N4O2/c26-21(23-27)11-8-16-6-9-17(10-7-16)19-5-3-12-24(19)15-18-14-22-25-13-2-1-4-20(18)25/h1-2,4,6-11,13-14,19,27H,3,5,12,15H2,(H,23,26). The van der Waals surface area contributed by atoms with E-state index in [4.69, 9.17) is 5.21 Å². The number of pyridine rings is 1. The van der Waals surface area contributed by atoms with Crippen molar-refractivity contribution in [3.05, 3.63) is 77.6 Å². The lowest BCUT2D eigenvalue weighted by molar-refractivity contribution is -0.124. The minimum absolute atomic E-state index is 0.391. The number of likely N-dealkylation sites (tertiary alicyclic amines) is 1. The summed E-state index contributed by atoms with van der Waals surface area (Å²) in [6.45, 7) is 1.96. The fraction of sp³-hybridized carbons (Fsp3) is 0.238. The molecule has 0 radical (unpaired) electrons. The van der Waals surface area contributed by atoms with Gasteiger partial charge in [-0.05, 0) is 48.7 Å². The molecule has 2 N–H and O–H groups in total. The number of carbonyl (C=O) groups is 1.